The highest BCUT2D eigenvalue weighted by atomic mass is 35.5. The van der Waals surface area contributed by atoms with E-state index in [4.69, 9.17) is 11.6 Å². The van der Waals surface area contributed by atoms with E-state index < -0.39 is 22.9 Å². The molecule has 4 rings (SSSR count). The third kappa shape index (κ3) is 2.24. The van der Waals surface area contributed by atoms with E-state index in [1.54, 1.807) is 12.2 Å². The number of rotatable bonds is 2. The number of carbonyl (C=O) groups is 2. The molecule has 146 valence electrons. The highest BCUT2D eigenvalue weighted by molar-refractivity contribution is 6.29. The number of aliphatic hydroxyl groups is 2. The van der Waals surface area contributed by atoms with Crippen molar-refractivity contribution in [2.24, 2.45) is 28.6 Å². The second-order valence-electron chi connectivity index (χ2n) is 9.29. The molecule has 5 heteroatoms. The number of Topliss-reactive ketones (excluding diaryl/α,β-unsaturated/α-hetero) is 1. The van der Waals surface area contributed by atoms with E-state index in [1.165, 1.54) is 0 Å². The van der Waals surface area contributed by atoms with Crippen molar-refractivity contribution in [1.82, 2.24) is 0 Å². The third-order valence-electron chi connectivity index (χ3n) is 8.22. The fourth-order valence-electron chi connectivity index (χ4n) is 6.89. The van der Waals surface area contributed by atoms with Crippen molar-refractivity contribution in [3.05, 3.63) is 36.0 Å². The molecule has 2 N–H and O–H groups in total. The Kier molecular flexibility index (Phi) is 4.16. The maximum atomic E-state index is 12.6. The monoisotopic (exact) mass is 390 g/mol. The van der Waals surface area contributed by atoms with Gasteiger partial charge in [0, 0.05) is 16.7 Å². The summed E-state index contributed by atoms with van der Waals surface area (Å²) in [4.78, 5) is 24.5. The summed E-state index contributed by atoms with van der Waals surface area (Å²) in [7, 11) is 0. The Balaban J connectivity index is 1.79. The summed E-state index contributed by atoms with van der Waals surface area (Å²) < 4.78 is 0. The first-order valence-electron chi connectivity index (χ1n) is 9.72. The minimum absolute atomic E-state index is 0.00684. The average molecular weight is 391 g/mol. The number of allylic oxidation sites excluding steroid dienone is 4. The van der Waals surface area contributed by atoms with Gasteiger partial charge in [-0.05, 0) is 55.2 Å². The van der Waals surface area contributed by atoms with Gasteiger partial charge in [0.05, 0.1) is 12.0 Å². The maximum Gasteiger partial charge on any atom is 0.183 e. The van der Waals surface area contributed by atoms with Gasteiger partial charge in [0.1, 0.15) is 0 Å². The molecule has 0 aromatic carbocycles. The van der Waals surface area contributed by atoms with Gasteiger partial charge in [0.15, 0.2) is 17.2 Å². The molecule has 4 nitrogen and oxygen atoms in total. The number of hydrogen-bond donors (Lipinski definition) is 2. The predicted molar refractivity (Wildman–Crippen MR) is 103 cm³/mol. The van der Waals surface area contributed by atoms with Gasteiger partial charge in [-0.1, -0.05) is 32.1 Å². The largest absolute Gasteiger partial charge is 0.393 e. The molecule has 0 bridgehead atoms. The van der Waals surface area contributed by atoms with Gasteiger partial charge in [-0.15, -0.1) is 11.6 Å². The number of carbonyl (C=O) groups excluding carboxylic acids is 2. The van der Waals surface area contributed by atoms with Crippen LogP contribution in [0.15, 0.2) is 36.0 Å². The summed E-state index contributed by atoms with van der Waals surface area (Å²) in [5.41, 5.74) is -1.21. The molecular weight excluding hydrogens is 364 g/mol. The summed E-state index contributed by atoms with van der Waals surface area (Å²) in [6.45, 7) is 8.05. The van der Waals surface area contributed by atoms with E-state index in [0.29, 0.717) is 18.4 Å². The summed E-state index contributed by atoms with van der Waals surface area (Å²) in [5.74, 6) is -0.519. The third-order valence-corrected chi connectivity index (χ3v) is 8.46. The van der Waals surface area contributed by atoms with Gasteiger partial charge in [-0.25, -0.2) is 0 Å². The Morgan fingerprint density at radius 1 is 1.41 bits per heavy atom. The molecule has 0 radical (unpaired) electrons. The number of halogens is 1. The van der Waals surface area contributed by atoms with Crippen molar-refractivity contribution >= 4 is 23.2 Å². The van der Waals surface area contributed by atoms with Crippen LogP contribution in [0.4, 0.5) is 0 Å². The van der Waals surface area contributed by atoms with Gasteiger partial charge >= 0.3 is 0 Å². The lowest BCUT2D eigenvalue weighted by Gasteiger charge is -2.59. The number of ketones is 2. The first kappa shape index (κ1) is 19.1. The predicted octanol–water partition coefficient (Wildman–Crippen LogP) is 2.97. The molecule has 0 amide bonds. The summed E-state index contributed by atoms with van der Waals surface area (Å²) in [6.07, 6.45) is 7.12. The van der Waals surface area contributed by atoms with Crippen LogP contribution < -0.4 is 0 Å². The summed E-state index contributed by atoms with van der Waals surface area (Å²) in [5, 5.41) is 22.6. The summed E-state index contributed by atoms with van der Waals surface area (Å²) in [6, 6.07) is 0. The van der Waals surface area contributed by atoms with Crippen molar-refractivity contribution in [2.75, 3.05) is 5.88 Å². The molecule has 3 saturated carbocycles. The first-order valence-corrected chi connectivity index (χ1v) is 10.2. The van der Waals surface area contributed by atoms with Crippen molar-refractivity contribution in [3.63, 3.8) is 0 Å². The Morgan fingerprint density at radius 2 is 2.11 bits per heavy atom. The van der Waals surface area contributed by atoms with E-state index in [1.807, 2.05) is 13.0 Å². The van der Waals surface area contributed by atoms with Gasteiger partial charge in [0.25, 0.3) is 0 Å². The molecule has 0 aliphatic heterocycles. The van der Waals surface area contributed by atoms with E-state index in [9.17, 15) is 19.8 Å². The van der Waals surface area contributed by atoms with Crippen LogP contribution in [-0.4, -0.2) is 39.4 Å². The SMILES string of the molecule is C=C1C[C@H]2[C@@H]3CCC4=CC(=O)C=C[C@]4(C)[C@H]3[C@@H](O)C[C@]2(C)[C@@]1(O)C(=O)CCl. The van der Waals surface area contributed by atoms with Crippen molar-refractivity contribution < 1.29 is 19.8 Å². The molecule has 0 aromatic heterocycles. The van der Waals surface area contributed by atoms with Crippen LogP contribution in [0.2, 0.25) is 0 Å². The van der Waals surface area contributed by atoms with Crippen molar-refractivity contribution in [3.8, 4) is 0 Å². The van der Waals surface area contributed by atoms with Gasteiger partial charge in [-0.3, -0.25) is 9.59 Å². The van der Waals surface area contributed by atoms with E-state index in [2.05, 4.69) is 13.5 Å². The molecule has 0 spiro atoms. The van der Waals surface area contributed by atoms with Crippen LogP contribution in [0.5, 0.6) is 0 Å². The molecule has 4 aliphatic carbocycles. The van der Waals surface area contributed by atoms with Crippen molar-refractivity contribution in [2.45, 2.75) is 51.2 Å². The van der Waals surface area contributed by atoms with Crippen LogP contribution in [-0.2, 0) is 9.59 Å². The van der Waals surface area contributed by atoms with Gasteiger partial charge in [-0.2, -0.15) is 0 Å². The number of hydrogen-bond acceptors (Lipinski definition) is 4. The Morgan fingerprint density at radius 3 is 2.78 bits per heavy atom. The number of fused-ring (bicyclic) bond motifs is 5. The van der Waals surface area contributed by atoms with E-state index in [0.717, 1.165) is 18.4 Å². The second kappa shape index (κ2) is 5.88. The van der Waals surface area contributed by atoms with Gasteiger partial charge in [0.2, 0.25) is 0 Å². The molecule has 0 heterocycles. The Hall–Kier alpha value is -1.23. The molecule has 0 saturated heterocycles. The highest BCUT2D eigenvalue weighted by Gasteiger charge is 2.69. The van der Waals surface area contributed by atoms with Crippen LogP contribution in [0.3, 0.4) is 0 Å². The molecular formula is C22H27ClO4. The molecule has 0 aromatic rings. The topological polar surface area (TPSA) is 74.6 Å². The smallest absolute Gasteiger partial charge is 0.183 e. The quantitative estimate of drug-likeness (QED) is 0.561. The fraction of sp³-hybridized carbons (Fsp3) is 0.636. The standard InChI is InChI=1S/C22H27ClO4/c1-12-8-16-15-5-4-13-9-14(24)6-7-20(13,2)19(15)17(25)10-21(16,3)22(12,27)18(26)11-23/h6-7,9,15-17,19,25,27H,1,4-5,8,10-11H2,2-3H3/t15-,16-,17-,19+,20-,21-,22-/m0/s1. The molecule has 27 heavy (non-hydrogen) atoms. The minimum atomic E-state index is -1.68. The average Bonchev–Trinajstić information content (AvgIpc) is 2.82. The lowest BCUT2D eigenvalue weighted by atomic mass is 9.46. The van der Waals surface area contributed by atoms with Gasteiger partial charge < -0.3 is 10.2 Å². The Labute approximate surface area is 165 Å². The molecule has 3 fully saturated rings. The first-order chi connectivity index (χ1) is 12.6. The fourth-order valence-corrected chi connectivity index (χ4v) is 7.09. The second-order valence-corrected chi connectivity index (χ2v) is 9.55. The van der Waals surface area contributed by atoms with Crippen LogP contribution in [0.25, 0.3) is 0 Å². The van der Waals surface area contributed by atoms with Crippen LogP contribution in [0.1, 0.15) is 39.5 Å². The van der Waals surface area contributed by atoms with Crippen LogP contribution >= 0.6 is 11.6 Å². The zero-order valence-electron chi connectivity index (χ0n) is 15.9. The zero-order valence-corrected chi connectivity index (χ0v) is 16.6. The van der Waals surface area contributed by atoms with E-state index >= 15 is 0 Å². The lowest BCUT2D eigenvalue weighted by Crippen LogP contribution is -2.61. The Bertz CT molecular complexity index is 798. The minimum Gasteiger partial charge on any atom is -0.393 e. The normalized spacial score (nSPS) is 48.6. The van der Waals surface area contributed by atoms with E-state index in [-0.39, 0.29) is 34.8 Å². The lowest BCUT2D eigenvalue weighted by molar-refractivity contribution is -0.169. The molecule has 7 atom stereocenters. The zero-order chi connectivity index (χ0) is 19.8. The molecule has 4 aliphatic rings. The van der Waals surface area contributed by atoms with Crippen molar-refractivity contribution in [1.29, 1.82) is 0 Å². The summed E-state index contributed by atoms with van der Waals surface area (Å²) >= 11 is 5.82. The van der Waals surface area contributed by atoms with Crippen LogP contribution in [0, 0.1) is 28.6 Å². The molecule has 0 unspecified atom stereocenters. The maximum absolute atomic E-state index is 12.6. The number of aliphatic hydroxyl groups excluding tert-OH is 1. The number of alkyl halides is 1. The highest BCUT2D eigenvalue weighted by Crippen LogP contribution is 2.68.